The number of halogens is 1. The summed E-state index contributed by atoms with van der Waals surface area (Å²) in [6.45, 7) is 0. The van der Waals surface area contributed by atoms with Crippen molar-refractivity contribution < 1.29 is 10.2 Å². The van der Waals surface area contributed by atoms with Gasteiger partial charge in [-0.1, -0.05) is 0 Å². The molecule has 6 heteroatoms. The van der Waals surface area contributed by atoms with Gasteiger partial charge in [0.1, 0.15) is 22.6 Å². The molecule has 0 aliphatic heterocycles. The molecular formula is C16H13BrN2O2S. The molecule has 4 nitrogen and oxygen atoms in total. The highest BCUT2D eigenvalue weighted by Gasteiger charge is 2.20. The van der Waals surface area contributed by atoms with Crippen LogP contribution >= 0.6 is 27.3 Å². The van der Waals surface area contributed by atoms with Gasteiger partial charge < -0.3 is 10.2 Å². The topological polar surface area (TPSA) is 76.6 Å². The summed E-state index contributed by atoms with van der Waals surface area (Å²) in [7, 11) is 0. The van der Waals surface area contributed by atoms with Crippen molar-refractivity contribution in [1.29, 1.82) is 5.26 Å². The molecule has 0 amide bonds. The SMILES string of the molecule is N#Cc1c(N=Cc2cc(Br)c(O)cc2O)sc2c1CCCC2. The number of fused-ring (bicyclic) bond motifs is 1. The molecule has 1 aromatic carbocycles. The van der Waals surface area contributed by atoms with E-state index in [0.29, 0.717) is 20.6 Å². The molecule has 0 atom stereocenters. The van der Waals surface area contributed by atoms with Crippen LogP contribution in [-0.2, 0) is 12.8 Å². The second kappa shape index (κ2) is 6.11. The van der Waals surface area contributed by atoms with E-state index in [0.717, 1.165) is 31.2 Å². The van der Waals surface area contributed by atoms with Crippen molar-refractivity contribution in [2.75, 3.05) is 0 Å². The second-order valence-electron chi connectivity index (χ2n) is 5.12. The first kappa shape index (κ1) is 15.1. The third-order valence-electron chi connectivity index (χ3n) is 3.68. The van der Waals surface area contributed by atoms with Crippen LogP contribution in [-0.4, -0.2) is 16.4 Å². The molecule has 112 valence electrons. The Hall–Kier alpha value is -1.84. The summed E-state index contributed by atoms with van der Waals surface area (Å²) in [4.78, 5) is 5.65. The Morgan fingerprint density at radius 2 is 2.00 bits per heavy atom. The number of aliphatic imine (C=N–C) groups is 1. The van der Waals surface area contributed by atoms with Gasteiger partial charge in [0.15, 0.2) is 0 Å². The lowest BCUT2D eigenvalue weighted by atomic mass is 9.96. The highest BCUT2D eigenvalue weighted by atomic mass is 79.9. The third kappa shape index (κ3) is 2.74. The number of aromatic hydroxyl groups is 2. The fraction of sp³-hybridized carbons (Fsp3) is 0.250. The van der Waals surface area contributed by atoms with Crippen LogP contribution in [0.4, 0.5) is 5.00 Å². The normalized spacial score (nSPS) is 14.0. The lowest BCUT2D eigenvalue weighted by Gasteiger charge is -2.09. The van der Waals surface area contributed by atoms with Gasteiger partial charge in [0.05, 0.1) is 10.0 Å². The van der Waals surface area contributed by atoms with Crippen molar-refractivity contribution in [3.63, 3.8) is 0 Å². The average Bonchev–Trinajstić information content (AvgIpc) is 2.87. The molecule has 0 saturated carbocycles. The van der Waals surface area contributed by atoms with Crippen molar-refractivity contribution in [2.24, 2.45) is 4.99 Å². The van der Waals surface area contributed by atoms with Gasteiger partial charge in [0.2, 0.25) is 0 Å². The monoisotopic (exact) mass is 376 g/mol. The van der Waals surface area contributed by atoms with E-state index in [2.05, 4.69) is 27.0 Å². The zero-order chi connectivity index (χ0) is 15.7. The maximum absolute atomic E-state index is 9.85. The first-order valence-electron chi connectivity index (χ1n) is 6.90. The average molecular weight is 377 g/mol. The van der Waals surface area contributed by atoms with Gasteiger partial charge in [0, 0.05) is 22.7 Å². The number of rotatable bonds is 2. The van der Waals surface area contributed by atoms with Gasteiger partial charge in [0.25, 0.3) is 0 Å². The summed E-state index contributed by atoms with van der Waals surface area (Å²) in [5.41, 5.74) is 2.29. The molecule has 2 N–H and O–H groups in total. The Bertz CT molecular complexity index is 805. The maximum Gasteiger partial charge on any atom is 0.134 e. The van der Waals surface area contributed by atoms with E-state index in [1.54, 1.807) is 17.4 Å². The van der Waals surface area contributed by atoms with Crippen molar-refractivity contribution in [3.05, 3.63) is 38.2 Å². The Kier molecular flexibility index (Phi) is 4.19. The van der Waals surface area contributed by atoms with Crippen molar-refractivity contribution in [2.45, 2.75) is 25.7 Å². The van der Waals surface area contributed by atoms with Crippen LogP contribution in [0.25, 0.3) is 0 Å². The van der Waals surface area contributed by atoms with E-state index >= 15 is 0 Å². The predicted octanol–water partition coefficient (Wildman–Crippen LogP) is 4.42. The number of thiophene rings is 1. The minimum atomic E-state index is -0.0516. The smallest absolute Gasteiger partial charge is 0.134 e. The Balaban J connectivity index is 1.98. The minimum Gasteiger partial charge on any atom is -0.507 e. The van der Waals surface area contributed by atoms with E-state index in [1.807, 2.05) is 0 Å². The fourth-order valence-electron chi connectivity index (χ4n) is 2.56. The summed E-state index contributed by atoms with van der Waals surface area (Å²) < 4.78 is 0.484. The van der Waals surface area contributed by atoms with E-state index in [9.17, 15) is 15.5 Å². The molecule has 22 heavy (non-hydrogen) atoms. The van der Waals surface area contributed by atoms with E-state index in [4.69, 9.17) is 0 Å². The third-order valence-corrected chi connectivity index (χ3v) is 5.52. The van der Waals surface area contributed by atoms with Crippen LogP contribution in [0.15, 0.2) is 21.6 Å². The number of phenolic OH excluding ortho intramolecular Hbond substituents is 2. The first-order valence-corrected chi connectivity index (χ1v) is 8.51. The van der Waals surface area contributed by atoms with Crippen LogP contribution in [0.2, 0.25) is 0 Å². The highest BCUT2D eigenvalue weighted by molar-refractivity contribution is 9.10. The molecule has 3 rings (SSSR count). The summed E-state index contributed by atoms with van der Waals surface area (Å²) in [6.07, 6.45) is 5.76. The molecule has 0 radical (unpaired) electrons. The molecular weight excluding hydrogens is 364 g/mol. The fourth-order valence-corrected chi connectivity index (χ4v) is 4.10. The summed E-state index contributed by atoms with van der Waals surface area (Å²) in [6, 6.07) is 5.11. The zero-order valence-electron chi connectivity index (χ0n) is 11.6. The number of aryl methyl sites for hydroxylation is 1. The largest absolute Gasteiger partial charge is 0.507 e. The lowest BCUT2D eigenvalue weighted by molar-refractivity contribution is 0.448. The molecule has 0 bridgehead atoms. The summed E-state index contributed by atoms with van der Waals surface area (Å²) >= 11 is 4.76. The second-order valence-corrected chi connectivity index (χ2v) is 7.06. The lowest BCUT2D eigenvalue weighted by Crippen LogP contribution is -1.99. The van der Waals surface area contributed by atoms with E-state index in [-0.39, 0.29) is 11.5 Å². The standard InChI is InChI=1S/C16H13BrN2O2S/c17-12-5-9(13(20)6-14(12)21)8-19-16-11(7-18)10-3-1-2-4-15(10)22-16/h5-6,8,20-21H,1-4H2. The number of hydrogen-bond acceptors (Lipinski definition) is 5. The van der Waals surface area contributed by atoms with Crippen LogP contribution in [0.5, 0.6) is 11.5 Å². The molecule has 1 heterocycles. The number of nitrogens with zero attached hydrogens (tertiary/aromatic N) is 2. The molecule has 0 saturated heterocycles. The zero-order valence-corrected chi connectivity index (χ0v) is 14.0. The van der Waals surface area contributed by atoms with Crippen molar-refractivity contribution >= 4 is 38.5 Å². The quantitative estimate of drug-likeness (QED) is 0.761. The number of nitriles is 1. The van der Waals surface area contributed by atoms with Crippen LogP contribution in [0.1, 0.15) is 34.4 Å². The van der Waals surface area contributed by atoms with Gasteiger partial charge in [-0.3, -0.25) is 0 Å². The van der Waals surface area contributed by atoms with E-state index < -0.39 is 0 Å². The van der Waals surface area contributed by atoms with E-state index in [1.165, 1.54) is 17.2 Å². The molecule has 0 fully saturated rings. The Morgan fingerprint density at radius 1 is 1.23 bits per heavy atom. The van der Waals surface area contributed by atoms with Crippen LogP contribution < -0.4 is 0 Å². The molecule has 1 aliphatic carbocycles. The van der Waals surface area contributed by atoms with Crippen molar-refractivity contribution in [3.8, 4) is 17.6 Å². The molecule has 1 aromatic heterocycles. The number of phenols is 2. The van der Waals surface area contributed by atoms with Crippen molar-refractivity contribution in [1.82, 2.24) is 0 Å². The highest BCUT2D eigenvalue weighted by Crippen LogP contribution is 2.39. The Morgan fingerprint density at radius 3 is 2.77 bits per heavy atom. The number of benzene rings is 1. The van der Waals surface area contributed by atoms with Gasteiger partial charge in [-0.2, -0.15) is 5.26 Å². The molecule has 0 spiro atoms. The van der Waals surface area contributed by atoms with Crippen LogP contribution in [0, 0.1) is 11.3 Å². The Labute approximate surface area is 140 Å². The van der Waals surface area contributed by atoms with Gasteiger partial charge in [-0.15, -0.1) is 11.3 Å². The summed E-state index contributed by atoms with van der Waals surface area (Å²) in [5, 5.41) is 29.4. The summed E-state index contributed by atoms with van der Waals surface area (Å²) in [5.74, 6) is -0.0803. The minimum absolute atomic E-state index is 0.0287. The van der Waals surface area contributed by atoms with Crippen LogP contribution in [0.3, 0.4) is 0 Å². The maximum atomic E-state index is 9.85. The van der Waals surface area contributed by atoms with Gasteiger partial charge in [-0.25, -0.2) is 4.99 Å². The molecule has 2 aromatic rings. The van der Waals surface area contributed by atoms with Gasteiger partial charge in [-0.05, 0) is 53.2 Å². The molecule has 1 aliphatic rings. The number of hydrogen-bond donors (Lipinski definition) is 2. The predicted molar refractivity (Wildman–Crippen MR) is 90.4 cm³/mol. The van der Waals surface area contributed by atoms with Gasteiger partial charge >= 0.3 is 0 Å². The molecule has 0 unspecified atom stereocenters. The first-order chi connectivity index (χ1) is 10.6.